The number of hydrogen-bond acceptors (Lipinski definition) is 1. The lowest BCUT2D eigenvalue weighted by Crippen LogP contribution is -1.92. The zero-order valence-electron chi connectivity index (χ0n) is 5.14. The molecule has 0 aliphatic rings. The number of rotatable bonds is 1. The van der Waals surface area contributed by atoms with Crippen LogP contribution in [0.4, 0.5) is 4.39 Å². The third kappa shape index (κ3) is 1.37. The van der Waals surface area contributed by atoms with Gasteiger partial charge in [-0.1, -0.05) is 6.32 Å². The molecule has 0 unspecified atom stereocenters. The van der Waals surface area contributed by atoms with Gasteiger partial charge in [0.2, 0.25) is 0 Å². The first kappa shape index (κ1) is 7.73. The molecule has 1 nitrogen and oxygen atoms in total. The summed E-state index contributed by atoms with van der Waals surface area (Å²) in [5.41, 5.74) is 0.474. The van der Waals surface area contributed by atoms with Gasteiger partial charge in [-0.2, -0.15) is 0 Å². The molecular weight excluding hydrogens is 196 g/mol. The van der Waals surface area contributed by atoms with Crippen molar-refractivity contribution in [3.8, 4) is 0 Å². The molecule has 1 heterocycles. The molecule has 1 aromatic heterocycles. The highest BCUT2D eigenvalue weighted by molar-refractivity contribution is 9.10. The van der Waals surface area contributed by atoms with Crippen LogP contribution in [0.5, 0.6) is 0 Å². The number of pyridine rings is 1. The van der Waals surface area contributed by atoms with Crippen molar-refractivity contribution in [2.45, 2.75) is 6.32 Å². The van der Waals surface area contributed by atoms with E-state index in [-0.39, 0.29) is 16.7 Å². The molecule has 1 rings (SSSR count). The summed E-state index contributed by atoms with van der Waals surface area (Å²) >= 11 is 2.95. The normalized spacial score (nSPS) is 9.80. The van der Waals surface area contributed by atoms with Gasteiger partial charge in [0, 0.05) is 6.20 Å². The monoisotopic (exact) mass is 199 g/mol. The molecule has 0 N–H and O–H groups in total. The van der Waals surface area contributed by atoms with Gasteiger partial charge >= 0.3 is 0 Å². The van der Waals surface area contributed by atoms with E-state index < -0.39 is 0 Å². The van der Waals surface area contributed by atoms with Gasteiger partial charge < -0.3 is 0 Å². The Bertz CT molecular complexity index is 241. The van der Waals surface area contributed by atoms with Gasteiger partial charge in [-0.25, -0.2) is 9.37 Å². The predicted octanol–water partition coefficient (Wildman–Crippen LogP) is 1.65. The Kier molecular flexibility index (Phi) is 2.43. The first-order valence-electron chi connectivity index (χ1n) is 2.74. The molecule has 0 saturated carbocycles. The van der Waals surface area contributed by atoms with E-state index in [1.165, 1.54) is 6.20 Å². The Morgan fingerprint density at radius 2 is 2.40 bits per heavy atom. The highest BCUT2D eigenvalue weighted by atomic mass is 79.9. The minimum absolute atomic E-state index is 0.201. The average molecular weight is 200 g/mol. The fourth-order valence-electron chi connectivity index (χ4n) is 0.613. The molecule has 0 atom stereocenters. The average Bonchev–Trinajstić information content (AvgIpc) is 1.95. The molecule has 0 spiro atoms. The van der Waals surface area contributed by atoms with E-state index in [9.17, 15) is 4.39 Å². The number of aromatic nitrogens is 1. The minimum atomic E-state index is -0.370. The Hall–Kier alpha value is -0.375. The molecule has 0 aromatic carbocycles. The topological polar surface area (TPSA) is 12.9 Å². The molecule has 0 aliphatic carbocycles. The Labute approximate surface area is 68.2 Å². The van der Waals surface area contributed by atoms with E-state index >= 15 is 0 Å². The van der Waals surface area contributed by atoms with Crippen LogP contribution in [0.3, 0.4) is 0 Å². The van der Waals surface area contributed by atoms with E-state index in [4.69, 9.17) is 7.85 Å². The van der Waals surface area contributed by atoms with Crippen molar-refractivity contribution in [3.05, 3.63) is 28.2 Å². The van der Waals surface area contributed by atoms with Crippen molar-refractivity contribution in [2.24, 2.45) is 0 Å². The van der Waals surface area contributed by atoms with Crippen LogP contribution in [-0.2, 0) is 6.32 Å². The van der Waals surface area contributed by atoms with Gasteiger partial charge in [-0.05, 0) is 27.6 Å². The van der Waals surface area contributed by atoms with E-state index in [2.05, 4.69) is 20.9 Å². The fourth-order valence-corrected chi connectivity index (χ4v) is 0.986. The second-order valence-electron chi connectivity index (χ2n) is 1.78. The lowest BCUT2D eigenvalue weighted by molar-refractivity contribution is 0.602. The summed E-state index contributed by atoms with van der Waals surface area (Å²) in [4.78, 5) is 3.67. The van der Waals surface area contributed by atoms with E-state index in [1.807, 2.05) is 0 Å². The molecule has 10 heavy (non-hydrogen) atoms. The Morgan fingerprint density at radius 3 is 2.90 bits per heavy atom. The summed E-state index contributed by atoms with van der Waals surface area (Å²) in [6, 6.07) is 1.56. The van der Waals surface area contributed by atoms with Crippen LogP contribution in [0.15, 0.2) is 16.9 Å². The quantitative estimate of drug-likeness (QED) is 0.495. The Morgan fingerprint density at radius 1 is 1.70 bits per heavy atom. The van der Waals surface area contributed by atoms with Crippen molar-refractivity contribution in [1.82, 2.24) is 4.98 Å². The summed E-state index contributed by atoms with van der Waals surface area (Å²) in [6.07, 6.45) is 1.71. The smallest absolute Gasteiger partial charge is 0.158 e. The number of halogens is 2. The third-order valence-electron chi connectivity index (χ3n) is 1.15. The van der Waals surface area contributed by atoms with Crippen LogP contribution in [0.2, 0.25) is 0 Å². The number of nitrogens with zero attached hydrogens (tertiary/aromatic N) is 1. The summed E-state index contributed by atoms with van der Waals surface area (Å²) in [6.45, 7) is 0. The van der Waals surface area contributed by atoms with Gasteiger partial charge in [0.25, 0.3) is 0 Å². The summed E-state index contributed by atoms with van der Waals surface area (Å²) < 4.78 is 13.0. The molecule has 0 saturated heterocycles. The zero-order valence-corrected chi connectivity index (χ0v) is 6.73. The van der Waals surface area contributed by atoms with E-state index in [0.717, 1.165) is 0 Å². The highest BCUT2D eigenvalue weighted by Gasteiger charge is 2.02. The SMILES string of the molecule is [B]Cc1ccnc(Br)c1F. The molecule has 50 valence electrons. The highest BCUT2D eigenvalue weighted by Crippen LogP contribution is 2.14. The van der Waals surface area contributed by atoms with E-state index in [1.54, 1.807) is 6.07 Å². The first-order chi connectivity index (χ1) is 4.75. The van der Waals surface area contributed by atoms with Crippen molar-refractivity contribution < 1.29 is 4.39 Å². The van der Waals surface area contributed by atoms with Gasteiger partial charge in [0.15, 0.2) is 5.82 Å². The van der Waals surface area contributed by atoms with Crippen LogP contribution in [0.25, 0.3) is 0 Å². The fraction of sp³-hybridized carbons (Fsp3) is 0.167. The van der Waals surface area contributed by atoms with Crippen molar-refractivity contribution in [1.29, 1.82) is 0 Å². The third-order valence-corrected chi connectivity index (χ3v) is 1.70. The standard InChI is InChI=1S/C6H4BBrFN/c7-3-4-1-2-10-6(8)5(4)9/h1-2H,3H2. The molecule has 4 heteroatoms. The molecule has 0 bridgehead atoms. The lowest BCUT2D eigenvalue weighted by Gasteiger charge is -1.98. The van der Waals surface area contributed by atoms with Crippen LogP contribution < -0.4 is 0 Å². The maximum absolute atomic E-state index is 12.8. The van der Waals surface area contributed by atoms with Crippen molar-refractivity contribution >= 4 is 23.8 Å². The lowest BCUT2D eigenvalue weighted by atomic mass is 9.98. The molecule has 2 radical (unpaired) electrons. The Balaban J connectivity index is 3.14. The zero-order chi connectivity index (χ0) is 7.56. The largest absolute Gasteiger partial charge is 0.246 e. The van der Waals surface area contributed by atoms with Crippen LogP contribution in [-0.4, -0.2) is 12.8 Å². The van der Waals surface area contributed by atoms with Gasteiger partial charge in [-0.15, -0.1) is 0 Å². The second kappa shape index (κ2) is 3.15. The molecule has 1 aromatic rings. The maximum Gasteiger partial charge on any atom is 0.158 e. The van der Waals surface area contributed by atoms with Crippen LogP contribution >= 0.6 is 15.9 Å². The van der Waals surface area contributed by atoms with Crippen molar-refractivity contribution in [2.75, 3.05) is 0 Å². The van der Waals surface area contributed by atoms with Gasteiger partial charge in [0.05, 0.1) is 7.85 Å². The maximum atomic E-state index is 12.8. The second-order valence-corrected chi connectivity index (χ2v) is 2.53. The molecule has 0 aliphatic heterocycles. The van der Waals surface area contributed by atoms with Crippen LogP contribution in [0, 0.1) is 5.82 Å². The van der Waals surface area contributed by atoms with Crippen LogP contribution in [0.1, 0.15) is 5.56 Å². The predicted molar refractivity (Wildman–Crippen MR) is 41.4 cm³/mol. The molecule has 0 amide bonds. The van der Waals surface area contributed by atoms with Gasteiger partial charge in [-0.3, -0.25) is 0 Å². The molecular formula is C6H4BBrFN. The minimum Gasteiger partial charge on any atom is -0.246 e. The number of hydrogen-bond donors (Lipinski definition) is 0. The van der Waals surface area contributed by atoms with Crippen molar-refractivity contribution in [3.63, 3.8) is 0 Å². The molecule has 0 fully saturated rings. The van der Waals surface area contributed by atoms with E-state index in [0.29, 0.717) is 5.56 Å². The summed E-state index contributed by atoms with van der Waals surface area (Å²) in [7, 11) is 5.23. The van der Waals surface area contributed by atoms with Gasteiger partial charge in [0.1, 0.15) is 4.60 Å². The first-order valence-corrected chi connectivity index (χ1v) is 3.54. The summed E-state index contributed by atoms with van der Waals surface area (Å²) in [5, 5.41) is 0. The summed E-state index contributed by atoms with van der Waals surface area (Å²) in [5.74, 6) is -0.370.